The van der Waals surface area contributed by atoms with Crippen LogP contribution < -0.4 is 10.6 Å². The Labute approximate surface area is 119 Å². The molecule has 5 heteroatoms. The van der Waals surface area contributed by atoms with Crippen molar-refractivity contribution in [2.45, 2.75) is 44.1 Å². The molecule has 112 valence electrons. The minimum absolute atomic E-state index is 0.0928. The van der Waals surface area contributed by atoms with E-state index in [4.69, 9.17) is 4.74 Å². The fourth-order valence-corrected chi connectivity index (χ4v) is 4.91. The molecule has 20 heavy (non-hydrogen) atoms. The molecule has 4 aliphatic carbocycles. The number of ether oxygens (including phenoxy) is 1. The summed E-state index contributed by atoms with van der Waals surface area (Å²) in [7, 11) is 1.57. The third-order valence-electron chi connectivity index (χ3n) is 5.21. The molecular formula is C15H24N2O3. The fraction of sp³-hybridized carbons (Fsp3) is 0.867. The summed E-state index contributed by atoms with van der Waals surface area (Å²) in [6.07, 6.45) is 7.18. The maximum absolute atomic E-state index is 12.1. The van der Waals surface area contributed by atoms with Crippen LogP contribution in [0, 0.1) is 17.8 Å². The number of carbonyl (C=O) groups is 2. The van der Waals surface area contributed by atoms with Crippen molar-refractivity contribution in [3.05, 3.63) is 0 Å². The van der Waals surface area contributed by atoms with Gasteiger partial charge in [0.25, 0.3) is 0 Å². The summed E-state index contributed by atoms with van der Waals surface area (Å²) in [6, 6.07) is 0. The Kier molecular flexibility index (Phi) is 3.71. The van der Waals surface area contributed by atoms with Crippen molar-refractivity contribution in [2.24, 2.45) is 17.8 Å². The molecular weight excluding hydrogens is 256 g/mol. The van der Waals surface area contributed by atoms with Gasteiger partial charge in [-0.05, 0) is 56.3 Å². The van der Waals surface area contributed by atoms with E-state index in [1.165, 1.54) is 19.3 Å². The highest BCUT2D eigenvalue weighted by molar-refractivity contribution is 6.35. The van der Waals surface area contributed by atoms with Gasteiger partial charge in [0, 0.05) is 19.2 Å². The highest BCUT2D eigenvalue weighted by Crippen LogP contribution is 2.55. The van der Waals surface area contributed by atoms with Gasteiger partial charge in [-0.25, -0.2) is 0 Å². The predicted molar refractivity (Wildman–Crippen MR) is 73.9 cm³/mol. The van der Waals surface area contributed by atoms with E-state index in [1.807, 2.05) is 0 Å². The average Bonchev–Trinajstić information content (AvgIpc) is 2.36. The first-order valence-electron chi connectivity index (χ1n) is 7.69. The van der Waals surface area contributed by atoms with Crippen molar-refractivity contribution in [3.63, 3.8) is 0 Å². The van der Waals surface area contributed by atoms with E-state index in [9.17, 15) is 9.59 Å². The van der Waals surface area contributed by atoms with Crippen LogP contribution in [0.4, 0.5) is 0 Å². The van der Waals surface area contributed by atoms with E-state index >= 15 is 0 Å². The summed E-state index contributed by atoms with van der Waals surface area (Å²) in [4.78, 5) is 23.8. The molecule has 4 bridgehead atoms. The van der Waals surface area contributed by atoms with Crippen LogP contribution in [-0.4, -0.2) is 37.6 Å². The lowest BCUT2D eigenvalue weighted by molar-refractivity contribution is -0.142. The van der Waals surface area contributed by atoms with Gasteiger partial charge in [-0.1, -0.05) is 0 Å². The number of nitrogens with one attached hydrogen (secondary N) is 2. The third-order valence-corrected chi connectivity index (χ3v) is 5.21. The lowest BCUT2D eigenvalue weighted by atomic mass is 9.53. The largest absolute Gasteiger partial charge is 0.383 e. The van der Waals surface area contributed by atoms with Gasteiger partial charge in [0.05, 0.1) is 6.61 Å². The molecule has 0 heterocycles. The second-order valence-electron chi connectivity index (χ2n) is 6.90. The van der Waals surface area contributed by atoms with Crippen LogP contribution >= 0.6 is 0 Å². The Balaban J connectivity index is 1.57. The van der Waals surface area contributed by atoms with Gasteiger partial charge in [0.1, 0.15) is 0 Å². The van der Waals surface area contributed by atoms with Crippen molar-refractivity contribution >= 4 is 11.8 Å². The van der Waals surface area contributed by atoms with E-state index < -0.39 is 11.8 Å². The topological polar surface area (TPSA) is 67.4 Å². The zero-order chi connectivity index (χ0) is 14.2. The van der Waals surface area contributed by atoms with Crippen molar-refractivity contribution in [3.8, 4) is 0 Å². The Hall–Kier alpha value is -1.10. The number of amides is 2. The van der Waals surface area contributed by atoms with Crippen LogP contribution in [-0.2, 0) is 14.3 Å². The molecule has 0 unspecified atom stereocenters. The first-order valence-corrected chi connectivity index (χ1v) is 7.69. The third kappa shape index (κ3) is 2.68. The number of rotatable bonds is 4. The number of methoxy groups -OCH3 is 1. The Morgan fingerprint density at radius 3 is 2.10 bits per heavy atom. The predicted octanol–water partition coefficient (Wildman–Crippen LogP) is 0.834. The minimum Gasteiger partial charge on any atom is -0.383 e. The molecule has 0 radical (unpaired) electrons. The monoisotopic (exact) mass is 280 g/mol. The summed E-state index contributed by atoms with van der Waals surface area (Å²) >= 11 is 0. The molecule has 0 aliphatic heterocycles. The van der Waals surface area contributed by atoms with Crippen molar-refractivity contribution in [2.75, 3.05) is 20.3 Å². The van der Waals surface area contributed by atoms with Gasteiger partial charge in [-0.2, -0.15) is 0 Å². The van der Waals surface area contributed by atoms with E-state index in [0.717, 1.165) is 37.0 Å². The van der Waals surface area contributed by atoms with E-state index in [-0.39, 0.29) is 5.54 Å². The normalized spacial score (nSPS) is 37.8. The summed E-state index contributed by atoms with van der Waals surface area (Å²) in [5, 5.41) is 5.65. The van der Waals surface area contributed by atoms with Crippen molar-refractivity contribution < 1.29 is 14.3 Å². The Bertz CT molecular complexity index is 373. The molecule has 2 amide bonds. The maximum atomic E-state index is 12.1. The van der Waals surface area contributed by atoms with Crippen LogP contribution in [0.15, 0.2) is 0 Å². The van der Waals surface area contributed by atoms with Gasteiger partial charge in [-0.15, -0.1) is 0 Å². The fourth-order valence-electron chi connectivity index (χ4n) is 4.91. The lowest BCUT2D eigenvalue weighted by Gasteiger charge is -2.56. The van der Waals surface area contributed by atoms with Crippen LogP contribution in [0.3, 0.4) is 0 Å². The highest BCUT2D eigenvalue weighted by atomic mass is 16.5. The van der Waals surface area contributed by atoms with E-state index in [1.54, 1.807) is 7.11 Å². The lowest BCUT2D eigenvalue weighted by Crippen LogP contribution is -2.61. The maximum Gasteiger partial charge on any atom is 0.309 e. The van der Waals surface area contributed by atoms with Crippen molar-refractivity contribution in [1.82, 2.24) is 10.6 Å². The number of hydrogen-bond donors (Lipinski definition) is 2. The molecule has 4 saturated carbocycles. The zero-order valence-electron chi connectivity index (χ0n) is 12.1. The highest BCUT2D eigenvalue weighted by Gasteiger charge is 2.51. The quantitative estimate of drug-likeness (QED) is 0.592. The summed E-state index contributed by atoms with van der Waals surface area (Å²) < 4.78 is 4.86. The molecule has 0 aromatic heterocycles. The Morgan fingerprint density at radius 1 is 1.05 bits per heavy atom. The number of hydrogen-bond acceptors (Lipinski definition) is 3. The molecule has 0 aromatic carbocycles. The van der Waals surface area contributed by atoms with Gasteiger partial charge in [0.2, 0.25) is 0 Å². The van der Waals surface area contributed by atoms with E-state index in [0.29, 0.717) is 13.2 Å². The molecule has 0 saturated heterocycles. The molecule has 4 rings (SSSR count). The average molecular weight is 280 g/mol. The van der Waals surface area contributed by atoms with Gasteiger partial charge >= 0.3 is 11.8 Å². The molecule has 4 aliphatic rings. The van der Waals surface area contributed by atoms with Gasteiger partial charge in [-0.3, -0.25) is 9.59 Å². The summed E-state index contributed by atoms with van der Waals surface area (Å²) in [6.45, 7) is 0.806. The van der Waals surface area contributed by atoms with E-state index in [2.05, 4.69) is 10.6 Å². The molecule has 0 atom stereocenters. The standard InChI is InChI=1S/C15H24N2O3/c1-20-3-2-16-13(18)14(19)17-15-7-10-4-11(8-15)6-12(5-10)9-15/h10-12H,2-9H2,1H3,(H,16,18)(H,17,19). The van der Waals surface area contributed by atoms with Gasteiger partial charge in [0.15, 0.2) is 0 Å². The molecule has 5 nitrogen and oxygen atoms in total. The first kappa shape index (κ1) is 13.9. The molecule has 2 N–H and O–H groups in total. The van der Waals surface area contributed by atoms with Gasteiger partial charge < -0.3 is 15.4 Å². The first-order chi connectivity index (χ1) is 9.60. The van der Waals surface area contributed by atoms with Crippen LogP contribution in [0.25, 0.3) is 0 Å². The summed E-state index contributed by atoms with van der Waals surface area (Å²) in [5.74, 6) is 1.29. The molecule has 0 spiro atoms. The second-order valence-corrected chi connectivity index (χ2v) is 6.90. The Morgan fingerprint density at radius 2 is 1.60 bits per heavy atom. The second kappa shape index (κ2) is 5.35. The smallest absolute Gasteiger partial charge is 0.309 e. The SMILES string of the molecule is COCCNC(=O)C(=O)NC12CC3CC(CC(C3)C1)C2. The van der Waals surface area contributed by atoms with Crippen LogP contribution in [0.1, 0.15) is 38.5 Å². The minimum atomic E-state index is -0.530. The van der Waals surface area contributed by atoms with Crippen LogP contribution in [0.5, 0.6) is 0 Å². The number of carbonyl (C=O) groups excluding carboxylic acids is 2. The van der Waals surface area contributed by atoms with Crippen LogP contribution in [0.2, 0.25) is 0 Å². The molecule has 4 fully saturated rings. The molecule has 0 aromatic rings. The van der Waals surface area contributed by atoms with Crippen molar-refractivity contribution in [1.29, 1.82) is 0 Å². The zero-order valence-corrected chi connectivity index (χ0v) is 12.1. The summed E-state index contributed by atoms with van der Waals surface area (Å²) in [5.41, 5.74) is -0.0928.